The Morgan fingerprint density at radius 1 is 1.33 bits per heavy atom. The predicted octanol–water partition coefficient (Wildman–Crippen LogP) is 3.35. The molecule has 1 atom stereocenters. The number of benzene rings is 1. The van der Waals surface area contributed by atoms with Crippen molar-refractivity contribution in [2.45, 2.75) is 18.9 Å². The van der Waals surface area contributed by atoms with Crippen molar-refractivity contribution >= 4 is 33.3 Å². The zero-order valence-electron chi connectivity index (χ0n) is 9.57. The normalized spacial score (nSPS) is 18.7. The Balaban J connectivity index is 2.17. The van der Waals surface area contributed by atoms with E-state index < -0.39 is 0 Å². The minimum absolute atomic E-state index is 0.344. The number of hydrogen-bond donors (Lipinski definition) is 2. The van der Waals surface area contributed by atoms with Gasteiger partial charge in [-0.1, -0.05) is 23.7 Å². The zero-order valence-corrected chi connectivity index (χ0v) is 10.3. The molecule has 2 N–H and O–H groups in total. The maximum atomic E-state index is 10.0. The van der Waals surface area contributed by atoms with E-state index in [4.69, 9.17) is 11.6 Å². The number of aryl methyl sites for hydroxylation is 1. The highest BCUT2D eigenvalue weighted by atomic mass is 35.5. The van der Waals surface area contributed by atoms with E-state index in [1.165, 1.54) is 0 Å². The molecule has 3 nitrogen and oxygen atoms in total. The van der Waals surface area contributed by atoms with Crippen molar-refractivity contribution in [3.8, 4) is 0 Å². The van der Waals surface area contributed by atoms with Gasteiger partial charge in [0.15, 0.2) is 0 Å². The molecule has 0 radical (unpaired) electrons. The SMILES string of the molecule is OC1CCc2[nH]c3c(ccc4cnc(Cl)cc43)c21. The summed E-state index contributed by atoms with van der Waals surface area (Å²) in [5.41, 5.74) is 3.26. The van der Waals surface area contributed by atoms with Crippen LogP contribution in [0.15, 0.2) is 24.4 Å². The van der Waals surface area contributed by atoms with Crippen LogP contribution < -0.4 is 0 Å². The molecule has 0 bridgehead atoms. The molecule has 1 aliphatic carbocycles. The van der Waals surface area contributed by atoms with Crippen molar-refractivity contribution < 1.29 is 5.11 Å². The molecule has 2 heterocycles. The summed E-state index contributed by atoms with van der Waals surface area (Å²) in [7, 11) is 0. The molecular formula is C14H11ClN2O. The van der Waals surface area contributed by atoms with Gasteiger partial charge in [-0.3, -0.25) is 0 Å². The van der Waals surface area contributed by atoms with Crippen LogP contribution in [0.3, 0.4) is 0 Å². The van der Waals surface area contributed by atoms with Gasteiger partial charge < -0.3 is 10.1 Å². The monoisotopic (exact) mass is 258 g/mol. The average Bonchev–Trinajstić information content (AvgIpc) is 2.90. The van der Waals surface area contributed by atoms with E-state index in [1.54, 1.807) is 6.20 Å². The fraction of sp³-hybridized carbons (Fsp3) is 0.214. The summed E-state index contributed by atoms with van der Waals surface area (Å²) < 4.78 is 0. The van der Waals surface area contributed by atoms with E-state index in [1.807, 2.05) is 12.1 Å². The third-order valence-electron chi connectivity index (χ3n) is 3.76. The van der Waals surface area contributed by atoms with Crippen LogP contribution >= 0.6 is 11.6 Å². The van der Waals surface area contributed by atoms with Gasteiger partial charge in [0.05, 0.1) is 11.6 Å². The summed E-state index contributed by atoms with van der Waals surface area (Å²) in [5, 5.41) is 13.7. The highest BCUT2D eigenvalue weighted by molar-refractivity contribution is 6.30. The third kappa shape index (κ3) is 1.26. The number of aromatic nitrogens is 2. The highest BCUT2D eigenvalue weighted by Gasteiger charge is 2.25. The number of nitrogens with zero attached hydrogens (tertiary/aromatic N) is 1. The molecule has 1 aliphatic rings. The van der Waals surface area contributed by atoms with Crippen LogP contribution in [0.1, 0.15) is 23.8 Å². The molecular weight excluding hydrogens is 248 g/mol. The topological polar surface area (TPSA) is 48.9 Å². The average molecular weight is 259 g/mol. The standard InChI is InChI=1S/C14H11ClN2O/c15-12-5-9-7(6-16-12)1-2-8-13-10(17-14(8)9)3-4-11(13)18/h1-2,5-6,11,17-18H,3-4H2. The lowest BCUT2D eigenvalue weighted by molar-refractivity contribution is 0.181. The first kappa shape index (κ1) is 10.4. The number of fused-ring (bicyclic) bond motifs is 5. The Morgan fingerprint density at radius 3 is 3.11 bits per heavy atom. The molecule has 0 fully saturated rings. The Hall–Kier alpha value is -1.58. The number of H-pyrrole nitrogens is 1. The number of hydrogen-bond acceptors (Lipinski definition) is 2. The molecule has 0 amide bonds. The van der Waals surface area contributed by atoms with Gasteiger partial charge in [-0.15, -0.1) is 0 Å². The Labute approximate surface area is 108 Å². The van der Waals surface area contributed by atoms with Crippen LogP contribution in [-0.4, -0.2) is 15.1 Å². The van der Waals surface area contributed by atoms with Gasteiger partial charge in [-0.05, 0) is 18.9 Å². The molecule has 4 heteroatoms. The summed E-state index contributed by atoms with van der Waals surface area (Å²) in [5.74, 6) is 0. The molecule has 18 heavy (non-hydrogen) atoms. The van der Waals surface area contributed by atoms with Crippen molar-refractivity contribution in [1.82, 2.24) is 9.97 Å². The van der Waals surface area contributed by atoms with E-state index in [2.05, 4.69) is 16.0 Å². The third-order valence-corrected chi connectivity index (χ3v) is 3.97. The maximum Gasteiger partial charge on any atom is 0.129 e. The first-order valence-electron chi connectivity index (χ1n) is 6.01. The summed E-state index contributed by atoms with van der Waals surface area (Å²) in [6.45, 7) is 0. The van der Waals surface area contributed by atoms with Crippen LogP contribution in [0.5, 0.6) is 0 Å². The van der Waals surface area contributed by atoms with E-state index in [9.17, 15) is 5.11 Å². The summed E-state index contributed by atoms with van der Waals surface area (Å²) >= 11 is 5.97. The van der Waals surface area contributed by atoms with Crippen molar-refractivity contribution in [3.05, 3.63) is 40.8 Å². The first-order chi connectivity index (χ1) is 8.74. The van der Waals surface area contributed by atoms with E-state index in [0.29, 0.717) is 5.15 Å². The molecule has 3 aromatic rings. The minimum atomic E-state index is -0.344. The van der Waals surface area contributed by atoms with Gasteiger partial charge in [-0.2, -0.15) is 0 Å². The largest absolute Gasteiger partial charge is 0.388 e. The summed E-state index contributed by atoms with van der Waals surface area (Å²) in [6.07, 6.45) is 3.15. The fourth-order valence-corrected chi connectivity index (χ4v) is 3.09. The van der Waals surface area contributed by atoms with Gasteiger partial charge in [0.1, 0.15) is 5.15 Å². The second-order valence-electron chi connectivity index (χ2n) is 4.79. The van der Waals surface area contributed by atoms with Crippen LogP contribution in [0.2, 0.25) is 5.15 Å². The number of pyridine rings is 1. The maximum absolute atomic E-state index is 10.0. The minimum Gasteiger partial charge on any atom is -0.388 e. The van der Waals surface area contributed by atoms with Crippen LogP contribution in [0, 0.1) is 0 Å². The molecule has 4 rings (SSSR count). The van der Waals surface area contributed by atoms with Crippen molar-refractivity contribution in [2.75, 3.05) is 0 Å². The quantitative estimate of drug-likeness (QED) is 0.608. The van der Waals surface area contributed by atoms with Crippen LogP contribution in [-0.2, 0) is 6.42 Å². The molecule has 2 aromatic heterocycles. The van der Waals surface area contributed by atoms with Gasteiger partial charge in [0.2, 0.25) is 0 Å². The van der Waals surface area contributed by atoms with E-state index in [0.717, 1.165) is 45.8 Å². The number of aliphatic hydroxyl groups is 1. The van der Waals surface area contributed by atoms with Crippen molar-refractivity contribution in [1.29, 1.82) is 0 Å². The molecule has 0 saturated carbocycles. The number of halogens is 1. The molecule has 1 unspecified atom stereocenters. The predicted molar refractivity (Wildman–Crippen MR) is 71.9 cm³/mol. The molecule has 0 saturated heterocycles. The zero-order chi connectivity index (χ0) is 12.3. The van der Waals surface area contributed by atoms with Crippen LogP contribution in [0.4, 0.5) is 0 Å². The van der Waals surface area contributed by atoms with Crippen LogP contribution in [0.25, 0.3) is 21.7 Å². The van der Waals surface area contributed by atoms with Gasteiger partial charge in [0.25, 0.3) is 0 Å². The van der Waals surface area contributed by atoms with Gasteiger partial charge >= 0.3 is 0 Å². The highest BCUT2D eigenvalue weighted by Crippen LogP contribution is 2.39. The van der Waals surface area contributed by atoms with Gasteiger partial charge in [-0.25, -0.2) is 4.98 Å². The number of nitrogens with one attached hydrogen (secondary N) is 1. The van der Waals surface area contributed by atoms with Crippen molar-refractivity contribution in [2.24, 2.45) is 0 Å². The van der Waals surface area contributed by atoms with Crippen molar-refractivity contribution in [3.63, 3.8) is 0 Å². The summed E-state index contributed by atoms with van der Waals surface area (Å²) in [6, 6.07) is 5.95. The lowest BCUT2D eigenvalue weighted by Crippen LogP contribution is -1.89. The Kier molecular flexibility index (Phi) is 1.99. The lowest BCUT2D eigenvalue weighted by Gasteiger charge is -2.04. The second kappa shape index (κ2) is 3.46. The first-order valence-corrected chi connectivity index (χ1v) is 6.38. The summed E-state index contributed by atoms with van der Waals surface area (Å²) in [4.78, 5) is 7.52. The molecule has 1 aromatic carbocycles. The Morgan fingerprint density at radius 2 is 2.22 bits per heavy atom. The lowest BCUT2D eigenvalue weighted by atomic mass is 10.1. The molecule has 0 aliphatic heterocycles. The molecule has 90 valence electrons. The van der Waals surface area contributed by atoms with E-state index in [-0.39, 0.29) is 6.10 Å². The smallest absolute Gasteiger partial charge is 0.129 e. The number of aromatic amines is 1. The van der Waals surface area contributed by atoms with E-state index >= 15 is 0 Å². The Bertz CT molecular complexity index is 778. The fourth-order valence-electron chi connectivity index (χ4n) is 2.93. The number of rotatable bonds is 0. The second-order valence-corrected chi connectivity index (χ2v) is 5.18. The van der Waals surface area contributed by atoms with Gasteiger partial charge in [0, 0.05) is 33.6 Å². The number of aliphatic hydroxyl groups excluding tert-OH is 1. The molecule has 0 spiro atoms.